The van der Waals surface area contributed by atoms with Crippen LogP contribution in [-0.4, -0.2) is 19.8 Å². The second kappa shape index (κ2) is 2.13. The van der Waals surface area contributed by atoms with Crippen molar-refractivity contribution in [2.24, 2.45) is 0 Å². The quantitative estimate of drug-likeness (QED) is 0.549. The van der Waals surface area contributed by atoms with Crippen LogP contribution >= 0.6 is 0 Å². The third-order valence-electron chi connectivity index (χ3n) is 1.43. The fourth-order valence-corrected chi connectivity index (χ4v) is 0.869. The summed E-state index contributed by atoms with van der Waals surface area (Å²) in [6.07, 6.45) is 2.61. The van der Waals surface area contributed by atoms with Crippen LogP contribution in [0.4, 0.5) is 5.69 Å². The number of nitrogens with zero attached hydrogens (tertiary/aromatic N) is 5. The third-order valence-corrected chi connectivity index (χ3v) is 1.43. The van der Waals surface area contributed by atoms with Gasteiger partial charge in [-0.25, -0.2) is 4.52 Å². The molecule has 0 aromatic carbocycles. The summed E-state index contributed by atoms with van der Waals surface area (Å²) in [6, 6.07) is 0. The molecule has 0 amide bonds. The summed E-state index contributed by atoms with van der Waals surface area (Å²) in [7, 11) is 0. The van der Waals surface area contributed by atoms with E-state index in [-0.39, 0.29) is 11.3 Å². The van der Waals surface area contributed by atoms with Gasteiger partial charge in [0.05, 0.1) is 0 Å². The number of nitrogens with one attached hydrogen (secondary N) is 1. The molecule has 2 rings (SSSR count). The van der Waals surface area contributed by atoms with Crippen LogP contribution in [-0.2, 0) is 0 Å². The molecule has 0 saturated carbocycles. The Labute approximate surface area is 65.3 Å². The number of aromatic nitrogens is 4. The molecule has 2 aromatic heterocycles. The van der Waals surface area contributed by atoms with Crippen molar-refractivity contribution in [2.75, 3.05) is 0 Å². The topological polar surface area (TPSA) is 91.2 Å². The number of rotatable bonds is 0. The summed E-state index contributed by atoms with van der Waals surface area (Å²) >= 11 is 0. The maximum atomic E-state index is 11.2. The number of hydrogen-bond acceptors (Lipinski definition) is 4. The van der Waals surface area contributed by atoms with E-state index >= 15 is 0 Å². The van der Waals surface area contributed by atoms with Crippen molar-refractivity contribution in [1.82, 2.24) is 19.8 Å². The standard InChI is InChI=1S/C5H2N6O/c6-9-3-1-8-11-2-7-10-5(11)4(3)12/h1-2H/p+1. The van der Waals surface area contributed by atoms with Crippen molar-refractivity contribution in [3.05, 3.63) is 27.7 Å². The molecule has 0 aliphatic carbocycles. The Bertz CT molecular complexity index is 516. The van der Waals surface area contributed by atoms with Crippen LogP contribution in [0.15, 0.2) is 17.3 Å². The Kier molecular flexibility index (Phi) is 1.15. The Balaban J connectivity index is 3.00. The van der Waals surface area contributed by atoms with E-state index in [0.717, 1.165) is 0 Å². The van der Waals surface area contributed by atoms with E-state index in [2.05, 4.69) is 20.3 Å². The lowest BCUT2D eigenvalue weighted by Crippen LogP contribution is -2.06. The lowest BCUT2D eigenvalue weighted by molar-refractivity contribution is 0.923. The Morgan fingerprint density at radius 3 is 3.25 bits per heavy atom. The molecular weight excluding hydrogens is 160 g/mol. The molecule has 2 aromatic rings. The summed E-state index contributed by atoms with van der Waals surface area (Å²) in [5.74, 6) is 0. The van der Waals surface area contributed by atoms with Crippen LogP contribution in [0.1, 0.15) is 0 Å². The molecule has 0 radical (unpaired) electrons. The second-order valence-electron chi connectivity index (χ2n) is 2.11. The second-order valence-corrected chi connectivity index (χ2v) is 2.11. The molecule has 0 spiro atoms. The predicted octanol–water partition coefficient (Wildman–Crippen LogP) is -0.0978. The van der Waals surface area contributed by atoms with Crippen LogP contribution in [0.2, 0.25) is 0 Å². The van der Waals surface area contributed by atoms with Gasteiger partial charge in [-0.2, -0.15) is 0 Å². The summed E-state index contributed by atoms with van der Waals surface area (Å²) < 4.78 is 1.33. The van der Waals surface area contributed by atoms with E-state index in [1.807, 2.05) is 0 Å². The normalized spacial score (nSPS) is 9.92. The number of hydrogen-bond donors (Lipinski definition) is 1. The lowest BCUT2D eigenvalue weighted by Gasteiger charge is -1.84. The predicted molar refractivity (Wildman–Crippen MR) is 38.4 cm³/mol. The summed E-state index contributed by atoms with van der Waals surface area (Å²) in [4.78, 5) is 14.0. The minimum absolute atomic E-state index is 0.0875. The van der Waals surface area contributed by atoms with Gasteiger partial charge in [0, 0.05) is 0 Å². The van der Waals surface area contributed by atoms with E-state index < -0.39 is 5.43 Å². The zero-order chi connectivity index (χ0) is 8.55. The summed E-state index contributed by atoms with van der Waals surface area (Å²) in [6.45, 7) is 0. The van der Waals surface area contributed by atoms with Gasteiger partial charge >= 0.3 is 11.1 Å². The molecule has 12 heavy (non-hydrogen) atoms. The van der Waals surface area contributed by atoms with Crippen molar-refractivity contribution in [3.8, 4) is 0 Å². The van der Waals surface area contributed by atoms with E-state index in [0.29, 0.717) is 0 Å². The molecule has 7 nitrogen and oxygen atoms in total. The van der Waals surface area contributed by atoms with Gasteiger partial charge in [0.2, 0.25) is 11.0 Å². The highest BCUT2D eigenvalue weighted by molar-refractivity contribution is 5.51. The van der Waals surface area contributed by atoms with Crippen LogP contribution in [0.5, 0.6) is 0 Å². The molecule has 58 valence electrons. The number of H-pyrrole nitrogens is 1. The van der Waals surface area contributed by atoms with Crippen molar-refractivity contribution in [1.29, 1.82) is 5.39 Å². The molecule has 2 heterocycles. The zero-order valence-corrected chi connectivity index (χ0v) is 5.80. The molecule has 0 saturated heterocycles. The fraction of sp³-hybridized carbons (Fsp3) is 0. The average Bonchev–Trinajstić information content (AvgIpc) is 2.53. The van der Waals surface area contributed by atoms with Crippen molar-refractivity contribution < 1.29 is 0 Å². The van der Waals surface area contributed by atoms with Crippen LogP contribution in [0.25, 0.3) is 10.6 Å². The van der Waals surface area contributed by atoms with Crippen LogP contribution in [0, 0.1) is 5.39 Å². The smallest absolute Gasteiger partial charge is 0.290 e. The Morgan fingerprint density at radius 2 is 2.50 bits per heavy atom. The minimum Gasteiger partial charge on any atom is -0.290 e. The maximum Gasteiger partial charge on any atom is 0.452 e. The SMILES string of the molecule is N#[N+]c1c[nH]n2cnnc2c1=O. The first-order valence-electron chi connectivity index (χ1n) is 3.09. The van der Waals surface area contributed by atoms with Gasteiger partial charge in [-0.3, -0.25) is 9.89 Å². The van der Waals surface area contributed by atoms with Crippen molar-refractivity contribution in [3.63, 3.8) is 0 Å². The first kappa shape index (κ1) is 6.48. The largest absolute Gasteiger partial charge is 0.452 e. The van der Waals surface area contributed by atoms with Crippen LogP contribution < -0.4 is 5.43 Å². The fourth-order valence-electron chi connectivity index (χ4n) is 0.869. The Hall–Kier alpha value is -2.23. The van der Waals surface area contributed by atoms with Gasteiger partial charge in [-0.1, -0.05) is 0 Å². The molecule has 0 aliphatic heterocycles. The van der Waals surface area contributed by atoms with Gasteiger partial charge in [0.25, 0.3) is 0 Å². The summed E-state index contributed by atoms with van der Waals surface area (Å²) in [5.41, 5.74) is -0.449. The molecule has 0 bridgehead atoms. The van der Waals surface area contributed by atoms with Gasteiger partial charge in [0.1, 0.15) is 12.5 Å². The van der Waals surface area contributed by atoms with Gasteiger partial charge in [0.15, 0.2) is 4.98 Å². The highest BCUT2D eigenvalue weighted by Gasteiger charge is 2.15. The molecule has 0 fully saturated rings. The van der Waals surface area contributed by atoms with Crippen molar-refractivity contribution in [2.45, 2.75) is 0 Å². The lowest BCUT2D eigenvalue weighted by atomic mass is 10.4. The highest BCUT2D eigenvalue weighted by atomic mass is 16.1. The molecule has 0 atom stereocenters. The Morgan fingerprint density at radius 1 is 1.67 bits per heavy atom. The molecular formula is C5H3N6O+. The number of fused-ring (bicyclic) bond motifs is 1. The molecule has 7 heteroatoms. The highest BCUT2D eigenvalue weighted by Crippen LogP contribution is 2.01. The first-order chi connectivity index (χ1) is 5.83. The summed E-state index contributed by atoms with van der Waals surface area (Å²) in [5, 5.41) is 18.0. The molecule has 0 unspecified atom stereocenters. The van der Waals surface area contributed by atoms with E-state index in [1.54, 1.807) is 0 Å². The van der Waals surface area contributed by atoms with Gasteiger partial charge < -0.3 is 0 Å². The third kappa shape index (κ3) is 0.687. The van der Waals surface area contributed by atoms with Crippen LogP contribution in [0.3, 0.4) is 0 Å². The zero-order valence-electron chi connectivity index (χ0n) is 5.80. The monoisotopic (exact) mass is 163 g/mol. The van der Waals surface area contributed by atoms with E-state index in [1.165, 1.54) is 17.0 Å². The van der Waals surface area contributed by atoms with E-state index in [4.69, 9.17) is 5.39 Å². The van der Waals surface area contributed by atoms with E-state index in [9.17, 15) is 4.79 Å². The number of diazo groups is 1. The molecule has 0 aliphatic rings. The maximum absolute atomic E-state index is 11.2. The first-order valence-corrected chi connectivity index (χ1v) is 3.09. The average molecular weight is 163 g/mol. The van der Waals surface area contributed by atoms with Gasteiger partial charge in [-0.15, -0.1) is 10.2 Å². The van der Waals surface area contributed by atoms with Crippen molar-refractivity contribution >= 4 is 11.3 Å². The minimum atomic E-state index is -0.464. The number of aromatic amines is 1. The molecule has 1 N–H and O–H groups in total. The van der Waals surface area contributed by atoms with Gasteiger partial charge in [-0.05, 0) is 0 Å².